The van der Waals surface area contributed by atoms with Gasteiger partial charge in [0, 0.05) is 16.3 Å². The third-order valence-corrected chi connectivity index (χ3v) is 4.07. The average Bonchev–Trinajstić information content (AvgIpc) is 2.98. The lowest BCUT2D eigenvalue weighted by Crippen LogP contribution is -2.10. The van der Waals surface area contributed by atoms with Gasteiger partial charge in [-0.05, 0) is 30.8 Å². The summed E-state index contributed by atoms with van der Waals surface area (Å²) >= 11 is 1.75. The Labute approximate surface area is 129 Å². The number of ether oxygens (including phenoxy) is 3. The molecule has 0 aliphatic heterocycles. The summed E-state index contributed by atoms with van der Waals surface area (Å²) in [5, 5.41) is 3.32. The Bertz CT molecular complexity index is 546. The summed E-state index contributed by atoms with van der Waals surface area (Å²) in [6.45, 7) is 4.49. The van der Waals surface area contributed by atoms with Crippen LogP contribution in [0.1, 0.15) is 16.7 Å². The molecule has 4 nitrogen and oxygen atoms in total. The molecule has 1 aromatic heterocycles. The van der Waals surface area contributed by atoms with Crippen molar-refractivity contribution < 1.29 is 14.2 Å². The molecule has 2 aromatic rings. The first-order valence-electron chi connectivity index (χ1n) is 6.90. The minimum atomic E-state index is 0.507. The predicted molar refractivity (Wildman–Crippen MR) is 85.6 cm³/mol. The van der Waals surface area contributed by atoms with Crippen LogP contribution in [0.4, 0.5) is 0 Å². The lowest BCUT2D eigenvalue weighted by Gasteiger charge is -2.13. The van der Waals surface area contributed by atoms with Gasteiger partial charge < -0.3 is 19.5 Å². The van der Waals surface area contributed by atoms with E-state index in [2.05, 4.69) is 24.4 Å². The van der Waals surface area contributed by atoms with E-state index in [1.807, 2.05) is 18.2 Å². The highest BCUT2D eigenvalue weighted by atomic mass is 32.1. The first kappa shape index (κ1) is 15.7. The number of methoxy groups -OCH3 is 2. The van der Waals surface area contributed by atoms with Crippen LogP contribution in [-0.4, -0.2) is 20.8 Å². The van der Waals surface area contributed by atoms with Crippen molar-refractivity contribution in [1.29, 1.82) is 0 Å². The topological polar surface area (TPSA) is 39.7 Å². The van der Waals surface area contributed by atoms with Crippen LogP contribution in [0.3, 0.4) is 0 Å². The van der Waals surface area contributed by atoms with Crippen LogP contribution in [0.25, 0.3) is 0 Å². The average molecular weight is 307 g/mol. The van der Waals surface area contributed by atoms with Gasteiger partial charge in [0.15, 0.2) is 11.5 Å². The second-order valence-electron chi connectivity index (χ2n) is 4.43. The van der Waals surface area contributed by atoms with Gasteiger partial charge in [-0.15, -0.1) is 11.3 Å². The van der Waals surface area contributed by atoms with E-state index in [1.54, 1.807) is 25.6 Å². The predicted octanol–water partition coefficient (Wildman–Crippen LogP) is 3.45. The van der Waals surface area contributed by atoms with Gasteiger partial charge >= 0.3 is 0 Å². The number of benzene rings is 1. The van der Waals surface area contributed by atoms with E-state index in [4.69, 9.17) is 14.2 Å². The maximum atomic E-state index is 5.89. The zero-order chi connectivity index (χ0) is 15.1. The minimum Gasteiger partial charge on any atom is -0.493 e. The molecule has 2 rings (SSSR count). The summed E-state index contributed by atoms with van der Waals surface area (Å²) in [5.41, 5.74) is 0. The molecular formula is C16H21NO3S. The number of hydrogen-bond acceptors (Lipinski definition) is 5. The van der Waals surface area contributed by atoms with Crippen molar-refractivity contribution in [3.8, 4) is 17.2 Å². The Balaban J connectivity index is 2.04. The van der Waals surface area contributed by atoms with E-state index in [1.165, 1.54) is 9.75 Å². The standard InChI is InChI=1S/C16H21NO3S/c1-4-17-10-12-8-9-13(21-12)11-20-16-14(18-2)6-5-7-15(16)19-3/h5-9,17H,4,10-11H2,1-3H3. The summed E-state index contributed by atoms with van der Waals surface area (Å²) in [7, 11) is 3.25. The number of thiophene rings is 1. The fraction of sp³-hybridized carbons (Fsp3) is 0.375. The Morgan fingerprint density at radius 3 is 2.29 bits per heavy atom. The fourth-order valence-electron chi connectivity index (χ4n) is 1.95. The minimum absolute atomic E-state index is 0.507. The van der Waals surface area contributed by atoms with Crippen LogP contribution < -0.4 is 19.5 Å². The molecule has 0 unspecified atom stereocenters. The number of nitrogens with one attached hydrogen (secondary N) is 1. The van der Waals surface area contributed by atoms with Crippen molar-refractivity contribution in [3.05, 3.63) is 40.1 Å². The largest absolute Gasteiger partial charge is 0.493 e. The molecule has 1 aromatic carbocycles. The van der Waals surface area contributed by atoms with Gasteiger partial charge in [0.2, 0.25) is 5.75 Å². The smallest absolute Gasteiger partial charge is 0.203 e. The molecule has 1 N–H and O–H groups in total. The summed E-state index contributed by atoms with van der Waals surface area (Å²) in [5.74, 6) is 2.00. The van der Waals surface area contributed by atoms with Gasteiger partial charge in [0.05, 0.1) is 14.2 Å². The van der Waals surface area contributed by atoms with Crippen LogP contribution in [0.15, 0.2) is 30.3 Å². The van der Waals surface area contributed by atoms with E-state index in [9.17, 15) is 0 Å². The highest BCUT2D eigenvalue weighted by Crippen LogP contribution is 2.37. The molecule has 0 aliphatic carbocycles. The number of para-hydroxylation sites is 1. The zero-order valence-electron chi connectivity index (χ0n) is 12.6. The number of rotatable bonds is 8. The molecule has 0 amide bonds. The van der Waals surface area contributed by atoms with E-state index in [0.29, 0.717) is 23.9 Å². The van der Waals surface area contributed by atoms with Crippen LogP contribution in [0.2, 0.25) is 0 Å². The monoisotopic (exact) mass is 307 g/mol. The SMILES string of the molecule is CCNCc1ccc(COc2c(OC)cccc2OC)s1. The van der Waals surface area contributed by atoms with E-state index in [-0.39, 0.29) is 0 Å². The van der Waals surface area contributed by atoms with Gasteiger partial charge in [-0.1, -0.05) is 13.0 Å². The number of hydrogen-bond donors (Lipinski definition) is 1. The lowest BCUT2D eigenvalue weighted by molar-refractivity contribution is 0.268. The van der Waals surface area contributed by atoms with Crippen molar-refractivity contribution in [2.75, 3.05) is 20.8 Å². The van der Waals surface area contributed by atoms with Crippen molar-refractivity contribution in [2.45, 2.75) is 20.1 Å². The van der Waals surface area contributed by atoms with Gasteiger partial charge in [0.25, 0.3) is 0 Å². The third-order valence-electron chi connectivity index (χ3n) is 3.01. The van der Waals surface area contributed by atoms with Crippen LogP contribution in [-0.2, 0) is 13.2 Å². The zero-order valence-corrected chi connectivity index (χ0v) is 13.5. The quantitative estimate of drug-likeness (QED) is 0.811. The molecule has 1 heterocycles. The van der Waals surface area contributed by atoms with Gasteiger partial charge in [-0.2, -0.15) is 0 Å². The van der Waals surface area contributed by atoms with Crippen molar-refractivity contribution in [2.24, 2.45) is 0 Å². The first-order valence-corrected chi connectivity index (χ1v) is 7.72. The van der Waals surface area contributed by atoms with E-state index < -0.39 is 0 Å². The normalized spacial score (nSPS) is 10.4. The molecule has 0 fully saturated rings. The molecule has 5 heteroatoms. The van der Waals surface area contributed by atoms with Crippen LogP contribution in [0, 0.1) is 0 Å². The molecule has 0 saturated heterocycles. The molecule has 0 atom stereocenters. The van der Waals surface area contributed by atoms with Crippen LogP contribution >= 0.6 is 11.3 Å². The molecule has 0 spiro atoms. The van der Waals surface area contributed by atoms with Crippen molar-refractivity contribution in [1.82, 2.24) is 5.32 Å². The van der Waals surface area contributed by atoms with Gasteiger partial charge in [0.1, 0.15) is 6.61 Å². The van der Waals surface area contributed by atoms with Gasteiger partial charge in [-0.25, -0.2) is 0 Å². The molecule has 0 radical (unpaired) electrons. The lowest BCUT2D eigenvalue weighted by atomic mass is 10.3. The van der Waals surface area contributed by atoms with Crippen molar-refractivity contribution >= 4 is 11.3 Å². The Morgan fingerprint density at radius 2 is 1.67 bits per heavy atom. The van der Waals surface area contributed by atoms with E-state index >= 15 is 0 Å². The fourth-order valence-corrected chi connectivity index (χ4v) is 2.85. The summed E-state index contributed by atoms with van der Waals surface area (Å²) in [4.78, 5) is 2.48. The first-order chi connectivity index (χ1) is 10.3. The molecule has 0 bridgehead atoms. The molecule has 0 aliphatic rings. The highest BCUT2D eigenvalue weighted by Gasteiger charge is 2.11. The summed E-state index contributed by atoms with van der Waals surface area (Å²) < 4.78 is 16.5. The Kier molecular flexibility index (Phi) is 5.90. The summed E-state index contributed by atoms with van der Waals surface area (Å²) in [6.07, 6.45) is 0. The third kappa shape index (κ3) is 4.12. The molecular weight excluding hydrogens is 286 g/mol. The molecule has 0 saturated carbocycles. The summed E-state index contributed by atoms with van der Waals surface area (Å²) in [6, 6.07) is 9.83. The maximum Gasteiger partial charge on any atom is 0.203 e. The molecule has 21 heavy (non-hydrogen) atoms. The molecule has 114 valence electrons. The van der Waals surface area contributed by atoms with Crippen molar-refractivity contribution in [3.63, 3.8) is 0 Å². The Morgan fingerprint density at radius 1 is 1.00 bits per heavy atom. The maximum absolute atomic E-state index is 5.89. The Hall–Kier alpha value is -1.72. The second kappa shape index (κ2) is 7.90. The second-order valence-corrected chi connectivity index (χ2v) is 5.68. The highest BCUT2D eigenvalue weighted by molar-refractivity contribution is 7.11. The van der Waals surface area contributed by atoms with Gasteiger partial charge in [-0.3, -0.25) is 0 Å². The van der Waals surface area contributed by atoms with Crippen LogP contribution in [0.5, 0.6) is 17.2 Å². The van der Waals surface area contributed by atoms with E-state index in [0.717, 1.165) is 13.1 Å².